The molecular weight excluding hydrogens is 352 g/mol. The number of rotatable bonds is 4. The average Bonchev–Trinajstić information content (AvgIpc) is 3.37. The Bertz CT molecular complexity index is 1080. The van der Waals surface area contributed by atoms with E-state index >= 15 is 0 Å². The summed E-state index contributed by atoms with van der Waals surface area (Å²) in [5.41, 5.74) is 4.11. The Morgan fingerprint density at radius 1 is 1.35 bits per heavy atom. The summed E-state index contributed by atoms with van der Waals surface area (Å²) >= 11 is 6.10. The number of H-pyrrole nitrogens is 1. The number of carbonyl (C=O) groups excluding carboxylic acids is 1. The van der Waals surface area contributed by atoms with Crippen LogP contribution >= 0.6 is 11.6 Å². The Morgan fingerprint density at radius 2 is 2.12 bits per heavy atom. The number of halogens is 1. The van der Waals surface area contributed by atoms with Crippen molar-refractivity contribution in [1.82, 2.24) is 9.38 Å². The largest absolute Gasteiger partial charge is 0.462 e. The highest BCUT2D eigenvalue weighted by Crippen LogP contribution is 2.44. The van der Waals surface area contributed by atoms with Gasteiger partial charge in [-0.15, -0.1) is 0 Å². The molecule has 2 heterocycles. The first-order valence-corrected chi connectivity index (χ1v) is 9.09. The molecule has 0 amide bonds. The lowest BCUT2D eigenvalue weighted by atomic mass is 10.1. The van der Waals surface area contributed by atoms with Gasteiger partial charge in [-0.2, -0.15) is 0 Å². The number of carbonyl (C=O) groups is 1. The highest BCUT2D eigenvalue weighted by Gasteiger charge is 2.33. The van der Waals surface area contributed by atoms with E-state index in [1.165, 1.54) is 0 Å². The molecular formula is C20H19ClN2O3. The van der Waals surface area contributed by atoms with Gasteiger partial charge in [0.1, 0.15) is 5.52 Å². The van der Waals surface area contributed by atoms with Crippen LogP contribution in [0.25, 0.3) is 16.8 Å². The van der Waals surface area contributed by atoms with E-state index in [2.05, 4.69) is 4.98 Å². The van der Waals surface area contributed by atoms with Gasteiger partial charge in [0.05, 0.1) is 17.9 Å². The Morgan fingerprint density at radius 3 is 2.77 bits per heavy atom. The molecule has 4 rings (SSSR count). The molecule has 1 saturated carbocycles. The second-order valence-corrected chi connectivity index (χ2v) is 7.08. The van der Waals surface area contributed by atoms with Crippen LogP contribution in [-0.2, 0) is 4.74 Å². The Hall–Kier alpha value is -2.53. The molecule has 2 aromatic heterocycles. The van der Waals surface area contributed by atoms with Gasteiger partial charge < -0.3 is 14.1 Å². The number of hydrogen-bond acceptors (Lipinski definition) is 3. The molecule has 0 aliphatic heterocycles. The molecule has 1 aliphatic rings. The lowest BCUT2D eigenvalue weighted by molar-refractivity contribution is 0.0525. The fourth-order valence-electron chi connectivity index (χ4n) is 3.35. The van der Waals surface area contributed by atoms with Crippen molar-refractivity contribution in [3.05, 3.63) is 62.7 Å². The third-order valence-corrected chi connectivity index (χ3v) is 5.18. The molecule has 1 aliphatic carbocycles. The SMILES string of the molecule is CCOC(=O)c1cn2cc(-c3ccc(Cl)c(C)c3)[nH]c(=O)c2c1C1CC1. The molecule has 6 heteroatoms. The van der Waals surface area contributed by atoms with Gasteiger partial charge in [-0.3, -0.25) is 4.79 Å². The van der Waals surface area contributed by atoms with E-state index in [1.54, 1.807) is 17.5 Å². The van der Waals surface area contributed by atoms with Crippen molar-refractivity contribution >= 4 is 23.1 Å². The first kappa shape index (κ1) is 16.9. The van der Waals surface area contributed by atoms with E-state index in [1.807, 2.05) is 31.3 Å². The standard InChI is InChI=1S/C20H19ClN2O3/c1-3-26-20(25)14-9-23-10-16(13-6-7-15(21)11(2)8-13)22-19(24)18(23)17(14)12-4-5-12/h6-10,12H,3-5H2,1-2H3,(H,22,24). The predicted octanol–water partition coefficient (Wildman–Crippen LogP) is 4.31. The summed E-state index contributed by atoms with van der Waals surface area (Å²) in [6.07, 6.45) is 5.53. The minimum Gasteiger partial charge on any atom is -0.462 e. The van der Waals surface area contributed by atoms with Gasteiger partial charge in [-0.05, 0) is 55.9 Å². The number of nitrogens with zero attached hydrogens (tertiary/aromatic N) is 1. The third-order valence-electron chi connectivity index (χ3n) is 4.75. The first-order valence-electron chi connectivity index (χ1n) is 8.71. The molecule has 1 N–H and O–H groups in total. The molecule has 26 heavy (non-hydrogen) atoms. The smallest absolute Gasteiger partial charge is 0.339 e. The van der Waals surface area contributed by atoms with Crippen molar-refractivity contribution in [2.75, 3.05) is 6.61 Å². The molecule has 0 unspecified atom stereocenters. The molecule has 134 valence electrons. The predicted molar refractivity (Wildman–Crippen MR) is 101 cm³/mol. The summed E-state index contributed by atoms with van der Waals surface area (Å²) in [6, 6.07) is 5.60. The highest BCUT2D eigenvalue weighted by atomic mass is 35.5. The summed E-state index contributed by atoms with van der Waals surface area (Å²) in [4.78, 5) is 28.1. The van der Waals surface area contributed by atoms with Gasteiger partial charge in [-0.25, -0.2) is 4.79 Å². The molecule has 0 atom stereocenters. The van der Waals surface area contributed by atoms with Crippen LogP contribution in [0.4, 0.5) is 0 Å². The molecule has 0 radical (unpaired) electrons. The topological polar surface area (TPSA) is 63.6 Å². The normalized spacial score (nSPS) is 14.0. The van der Waals surface area contributed by atoms with Gasteiger partial charge in [0.25, 0.3) is 5.56 Å². The number of aryl methyl sites for hydroxylation is 1. The molecule has 0 spiro atoms. The average molecular weight is 371 g/mol. The highest BCUT2D eigenvalue weighted by molar-refractivity contribution is 6.31. The van der Waals surface area contributed by atoms with Gasteiger partial charge in [0, 0.05) is 23.0 Å². The molecule has 3 aromatic rings. The molecule has 0 saturated heterocycles. The summed E-state index contributed by atoms with van der Waals surface area (Å²) in [7, 11) is 0. The Kier molecular flexibility index (Phi) is 4.11. The molecule has 5 nitrogen and oxygen atoms in total. The number of ether oxygens (including phenoxy) is 1. The Balaban J connectivity index is 1.91. The fourth-order valence-corrected chi connectivity index (χ4v) is 3.47. The summed E-state index contributed by atoms with van der Waals surface area (Å²) in [5, 5.41) is 0.679. The number of esters is 1. The minimum atomic E-state index is -0.374. The van der Waals surface area contributed by atoms with Gasteiger partial charge in [0.15, 0.2) is 0 Å². The van der Waals surface area contributed by atoms with Crippen LogP contribution in [0.15, 0.2) is 35.4 Å². The van der Waals surface area contributed by atoms with E-state index in [9.17, 15) is 9.59 Å². The van der Waals surface area contributed by atoms with Crippen molar-refractivity contribution < 1.29 is 9.53 Å². The first-order chi connectivity index (χ1) is 12.5. The van der Waals surface area contributed by atoms with Gasteiger partial charge in [-0.1, -0.05) is 17.7 Å². The zero-order valence-electron chi connectivity index (χ0n) is 14.6. The summed E-state index contributed by atoms with van der Waals surface area (Å²) in [5.74, 6) is -0.120. The van der Waals surface area contributed by atoms with Crippen LogP contribution in [0.2, 0.25) is 5.02 Å². The van der Waals surface area contributed by atoms with Crippen LogP contribution in [0.3, 0.4) is 0 Å². The van der Waals surface area contributed by atoms with Crippen LogP contribution < -0.4 is 5.56 Å². The summed E-state index contributed by atoms with van der Waals surface area (Å²) in [6.45, 7) is 4.00. The maximum Gasteiger partial charge on any atom is 0.339 e. The summed E-state index contributed by atoms with van der Waals surface area (Å²) < 4.78 is 6.93. The van der Waals surface area contributed by atoms with Crippen molar-refractivity contribution in [1.29, 1.82) is 0 Å². The number of benzene rings is 1. The minimum absolute atomic E-state index is 0.201. The van der Waals surface area contributed by atoms with Gasteiger partial charge >= 0.3 is 5.97 Å². The number of hydrogen-bond donors (Lipinski definition) is 1. The van der Waals surface area contributed by atoms with Crippen LogP contribution in [0, 0.1) is 6.92 Å². The maximum atomic E-state index is 12.8. The zero-order valence-corrected chi connectivity index (χ0v) is 15.4. The lowest BCUT2D eigenvalue weighted by Crippen LogP contribution is -2.12. The van der Waals surface area contributed by atoms with Crippen molar-refractivity contribution in [3.8, 4) is 11.3 Å². The van der Waals surface area contributed by atoms with Crippen LogP contribution in [0.5, 0.6) is 0 Å². The van der Waals surface area contributed by atoms with Crippen LogP contribution in [0.1, 0.15) is 47.2 Å². The third kappa shape index (κ3) is 2.82. The molecule has 0 bridgehead atoms. The molecule has 1 aromatic carbocycles. The second kappa shape index (κ2) is 6.32. The van der Waals surface area contributed by atoms with Crippen LogP contribution in [-0.4, -0.2) is 22.0 Å². The lowest BCUT2D eigenvalue weighted by Gasteiger charge is -2.06. The number of aromatic amines is 1. The number of nitrogens with one attached hydrogen (secondary N) is 1. The second-order valence-electron chi connectivity index (χ2n) is 6.67. The van der Waals surface area contributed by atoms with E-state index in [0.29, 0.717) is 28.4 Å². The number of fused-ring (bicyclic) bond motifs is 1. The number of aromatic nitrogens is 2. The van der Waals surface area contributed by atoms with E-state index in [0.717, 1.165) is 29.5 Å². The maximum absolute atomic E-state index is 12.8. The van der Waals surface area contributed by atoms with E-state index < -0.39 is 0 Å². The van der Waals surface area contributed by atoms with Crippen molar-refractivity contribution in [2.45, 2.75) is 32.6 Å². The quantitative estimate of drug-likeness (QED) is 0.696. The molecule has 1 fully saturated rings. The van der Waals surface area contributed by atoms with Crippen molar-refractivity contribution in [3.63, 3.8) is 0 Å². The zero-order chi connectivity index (χ0) is 18.4. The van der Waals surface area contributed by atoms with Gasteiger partial charge in [0.2, 0.25) is 0 Å². The van der Waals surface area contributed by atoms with E-state index in [4.69, 9.17) is 16.3 Å². The van der Waals surface area contributed by atoms with Crippen molar-refractivity contribution in [2.24, 2.45) is 0 Å². The van der Waals surface area contributed by atoms with E-state index in [-0.39, 0.29) is 17.4 Å². The fraction of sp³-hybridized carbons (Fsp3) is 0.300. The Labute approximate surface area is 155 Å². The monoisotopic (exact) mass is 370 g/mol.